The average molecular weight is 513 g/mol. The van der Waals surface area contributed by atoms with Gasteiger partial charge in [-0.1, -0.05) is 55.0 Å². The molecule has 31 heavy (non-hydrogen) atoms. The Balaban J connectivity index is 0.00000341. The van der Waals surface area contributed by atoms with Gasteiger partial charge in [0.2, 0.25) is 0 Å². The monoisotopic (exact) mass is 512 g/mol. The van der Waals surface area contributed by atoms with Crippen molar-refractivity contribution in [2.75, 3.05) is 14.2 Å². The Morgan fingerprint density at radius 2 is 1.58 bits per heavy atom. The van der Waals surface area contributed by atoms with E-state index in [-0.39, 0.29) is 26.8 Å². The van der Waals surface area contributed by atoms with Gasteiger partial charge in [0.15, 0.2) is 5.41 Å². The minimum Gasteiger partial charge on any atom is -0.468 e. The van der Waals surface area contributed by atoms with Crippen molar-refractivity contribution in [3.63, 3.8) is 0 Å². The van der Waals surface area contributed by atoms with E-state index in [0.29, 0.717) is 6.42 Å². The molecule has 166 valence electrons. The summed E-state index contributed by atoms with van der Waals surface area (Å²) in [5.74, 6) is -1.75. The van der Waals surface area contributed by atoms with Gasteiger partial charge in [-0.15, -0.1) is 0 Å². The van der Waals surface area contributed by atoms with Crippen LogP contribution in [-0.2, 0) is 39.5 Å². The van der Waals surface area contributed by atoms with Crippen molar-refractivity contribution in [2.24, 2.45) is 5.41 Å². The number of H-pyrrole nitrogens is 1. The standard InChI is InChI=1S/C25H28NO4.Pd/c1-5-6-16-25(23(27)29-3,24(28)30-4)22(18-12-8-7-9-13-18)21-17(2)26-20-15-11-10-14-19(20)21;/h5,7-15,22,26H,6,16H2,1-4H3;/q-1;+2. The number of methoxy groups -OCH3 is 2. The first-order valence-corrected chi connectivity index (χ1v) is 10.1. The van der Waals surface area contributed by atoms with Crippen molar-refractivity contribution in [1.82, 2.24) is 4.98 Å². The number of carbonyl (C=O) groups is 2. The number of hydrogen-bond donors (Lipinski definition) is 1. The third kappa shape index (κ3) is 4.47. The Bertz CT molecular complexity index is 1010. The molecular weight excluding hydrogens is 485 g/mol. The van der Waals surface area contributed by atoms with E-state index in [1.54, 1.807) is 0 Å². The third-order valence-electron chi connectivity index (χ3n) is 5.78. The van der Waals surface area contributed by atoms with Crippen molar-refractivity contribution >= 4 is 22.8 Å². The first kappa shape index (κ1) is 24.8. The molecule has 0 aliphatic heterocycles. The summed E-state index contributed by atoms with van der Waals surface area (Å²) >= 11 is 0. The fraction of sp³-hybridized carbons (Fsp3) is 0.320. The van der Waals surface area contributed by atoms with E-state index in [4.69, 9.17) is 9.47 Å². The van der Waals surface area contributed by atoms with Gasteiger partial charge in [-0.2, -0.15) is 13.3 Å². The Morgan fingerprint density at radius 1 is 1.00 bits per heavy atom. The second kappa shape index (κ2) is 10.7. The maximum atomic E-state index is 13.4. The van der Waals surface area contributed by atoms with Crippen LogP contribution in [0.1, 0.15) is 42.5 Å². The van der Waals surface area contributed by atoms with Crippen LogP contribution < -0.4 is 0 Å². The molecule has 0 fully saturated rings. The van der Waals surface area contributed by atoms with Gasteiger partial charge in [0, 0.05) is 22.5 Å². The number of aryl methyl sites for hydroxylation is 1. The molecule has 6 heteroatoms. The third-order valence-corrected chi connectivity index (χ3v) is 5.78. The number of para-hydroxylation sites is 1. The molecule has 0 saturated carbocycles. The Morgan fingerprint density at radius 3 is 2.16 bits per heavy atom. The Kier molecular flexibility index (Phi) is 8.62. The molecule has 1 unspecified atom stereocenters. The molecule has 0 bridgehead atoms. The molecule has 0 aliphatic carbocycles. The number of aromatic nitrogens is 1. The maximum absolute atomic E-state index is 13.4. The SMILES string of the molecule is C[CH-]CCC(C(=O)OC)(C(=O)OC)C(c1ccccc1)c1c(C)[nH]c2ccccc12.[Pd+2]. The summed E-state index contributed by atoms with van der Waals surface area (Å²) in [6.07, 6.45) is 2.79. The number of unbranched alkanes of at least 4 members (excludes halogenated alkanes) is 1. The van der Waals surface area contributed by atoms with Gasteiger partial charge < -0.3 is 20.9 Å². The molecule has 0 saturated heterocycles. The van der Waals surface area contributed by atoms with Gasteiger partial charge in [-0.3, -0.25) is 9.59 Å². The van der Waals surface area contributed by atoms with Crippen LogP contribution in [0, 0.1) is 18.8 Å². The first-order valence-electron chi connectivity index (χ1n) is 10.1. The van der Waals surface area contributed by atoms with Gasteiger partial charge in [0.1, 0.15) is 0 Å². The molecule has 0 aliphatic rings. The van der Waals surface area contributed by atoms with Crippen molar-refractivity contribution < 1.29 is 39.5 Å². The van der Waals surface area contributed by atoms with Gasteiger partial charge in [-0.05, 0) is 24.1 Å². The zero-order valence-electron chi connectivity index (χ0n) is 18.2. The average Bonchev–Trinajstić information content (AvgIpc) is 3.11. The van der Waals surface area contributed by atoms with Crippen LogP contribution in [-0.4, -0.2) is 31.1 Å². The van der Waals surface area contributed by atoms with Crippen molar-refractivity contribution in [2.45, 2.75) is 32.6 Å². The van der Waals surface area contributed by atoms with Crippen molar-refractivity contribution in [1.29, 1.82) is 0 Å². The number of rotatable bonds is 8. The quantitative estimate of drug-likeness (QED) is 0.201. The topological polar surface area (TPSA) is 68.4 Å². The summed E-state index contributed by atoms with van der Waals surface area (Å²) in [6, 6.07) is 17.6. The number of benzene rings is 2. The summed E-state index contributed by atoms with van der Waals surface area (Å²) in [5, 5.41) is 0.974. The number of ether oxygens (including phenoxy) is 2. The van der Waals surface area contributed by atoms with E-state index in [0.717, 1.165) is 27.7 Å². The van der Waals surface area contributed by atoms with E-state index in [1.165, 1.54) is 14.2 Å². The predicted molar refractivity (Wildman–Crippen MR) is 117 cm³/mol. The van der Waals surface area contributed by atoms with E-state index in [2.05, 4.69) is 4.98 Å². The van der Waals surface area contributed by atoms with E-state index >= 15 is 0 Å². The molecule has 0 radical (unpaired) electrons. The van der Waals surface area contributed by atoms with Crippen LogP contribution in [0.5, 0.6) is 0 Å². The zero-order valence-corrected chi connectivity index (χ0v) is 19.8. The van der Waals surface area contributed by atoms with E-state index < -0.39 is 23.3 Å². The van der Waals surface area contributed by atoms with Gasteiger partial charge in [0.05, 0.1) is 14.2 Å². The Labute approximate surface area is 197 Å². The molecule has 3 rings (SSSR count). The molecule has 5 nitrogen and oxygen atoms in total. The molecule has 0 amide bonds. The first-order chi connectivity index (χ1) is 14.5. The van der Waals surface area contributed by atoms with Crippen LogP contribution in [0.3, 0.4) is 0 Å². The summed E-state index contributed by atoms with van der Waals surface area (Å²) in [5.41, 5.74) is 2.10. The van der Waals surface area contributed by atoms with Crippen molar-refractivity contribution in [3.05, 3.63) is 77.8 Å². The molecule has 0 spiro atoms. The summed E-state index contributed by atoms with van der Waals surface area (Å²) in [7, 11) is 2.64. The fourth-order valence-electron chi connectivity index (χ4n) is 4.42. The predicted octanol–water partition coefficient (Wildman–Crippen LogP) is 4.94. The van der Waals surface area contributed by atoms with Gasteiger partial charge in [0.25, 0.3) is 0 Å². The maximum Gasteiger partial charge on any atom is 2.00 e. The second-order valence-electron chi connectivity index (χ2n) is 7.45. The molecule has 1 atom stereocenters. The minimum atomic E-state index is -1.52. The number of carbonyl (C=O) groups excluding carboxylic acids is 2. The molecule has 2 aromatic carbocycles. The Hall–Kier alpha value is -2.42. The smallest absolute Gasteiger partial charge is 0.468 e. The molecule has 1 aromatic heterocycles. The summed E-state index contributed by atoms with van der Waals surface area (Å²) < 4.78 is 10.4. The molecule has 1 N–H and O–H groups in total. The summed E-state index contributed by atoms with van der Waals surface area (Å²) in [6.45, 7) is 3.88. The van der Waals surface area contributed by atoms with Gasteiger partial charge in [-0.25, -0.2) is 0 Å². The van der Waals surface area contributed by atoms with Crippen LogP contribution in [0.2, 0.25) is 0 Å². The fourth-order valence-corrected chi connectivity index (χ4v) is 4.42. The zero-order chi connectivity index (χ0) is 21.7. The number of fused-ring (bicyclic) bond motifs is 1. The van der Waals surface area contributed by atoms with Crippen LogP contribution in [0.25, 0.3) is 10.9 Å². The largest absolute Gasteiger partial charge is 2.00 e. The van der Waals surface area contributed by atoms with Crippen LogP contribution in [0.4, 0.5) is 0 Å². The molecule has 3 aromatic rings. The summed E-state index contributed by atoms with van der Waals surface area (Å²) in [4.78, 5) is 30.1. The van der Waals surface area contributed by atoms with Crippen LogP contribution >= 0.6 is 0 Å². The van der Waals surface area contributed by atoms with E-state index in [1.807, 2.05) is 74.9 Å². The molecule has 1 heterocycles. The van der Waals surface area contributed by atoms with Gasteiger partial charge >= 0.3 is 32.4 Å². The van der Waals surface area contributed by atoms with Crippen molar-refractivity contribution in [3.8, 4) is 0 Å². The normalized spacial score (nSPS) is 12.1. The minimum absolute atomic E-state index is 0. The number of nitrogens with one attached hydrogen (secondary N) is 1. The van der Waals surface area contributed by atoms with E-state index in [9.17, 15) is 9.59 Å². The van der Waals surface area contributed by atoms with Crippen LogP contribution in [0.15, 0.2) is 54.6 Å². The number of aromatic amines is 1. The molecular formula is C25H28NO4Pd+. The number of esters is 2. The number of hydrogen-bond acceptors (Lipinski definition) is 4. The second-order valence-corrected chi connectivity index (χ2v) is 7.45.